The molecule has 2 fully saturated rings. The molecule has 0 heterocycles. The van der Waals surface area contributed by atoms with Gasteiger partial charge in [-0.1, -0.05) is 0 Å². The fraction of sp³-hybridized carbons (Fsp3) is 1.00. The fourth-order valence-corrected chi connectivity index (χ4v) is 4.73. The molecule has 24 heavy (non-hydrogen) atoms. The van der Waals surface area contributed by atoms with Crippen molar-refractivity contribution in [2.75, 3.05) is 0 Å². The summed E-state index contributed by atoms with van der Waals surface area (Å²) < 4.78 is 32.3. The van der Waals surface area contributed by atoms with Crippen LogP contribution in [0.1, 0.15) is 64.2 Å². The van der Waals surface area contributed by atoms with Crippen molar-refractivity contribution in [3.05, 3.63) is 0 Å². The number of aliphatic hydroxyl groups is 1. The zero-order valence-corrected chi connectivity index (χ0v) is 15.5. The predicted octanol–water partition coefficient (Wildman–Crippen LogP) is 1.90. The summed E-state index contributed by atoms with van der Waals surface area (Å²) in [4.78, 5) is 18.2. The van der Waals surface area contributed by atoms with Crippen molar-refractivity contribution < 1.29 is 33.1 Å². The second-order valence-corrected chi connectivity index (χ2v) is 9.74. The van der Waals surface area contributed by atoms with Crippen molar-refractivity contribution in [3.63, 3.8) is 0 Å². The Morgan fingerprint density at radius 1 is 0.875 bits per heavy atom. The highest BCUT2D eigenvalue weighted by Gasteiger charge is 2.48. The normalized spacial score (nSPS) is 27.0. The Labute approximate surface area is 141 Å². The first kappa shape index (κ1) is 20.5. The summed E-state index contributed by atoms with van der Waals surface area (Å²) in [6, 6.07) is 0. The first-order valence-electron chi connectivity index (χ1n) is 8.25. The second-order valence-electron chi connectivity index (χ2n) is 7.12. The Morgan fingerprint density at radius 3 is 1.46 bits per heavy atom. The van der Waals surface area contributed by atoms with Crippen molar-refractivity contribution in [2.45, 2.75) is 81.5 Å². The highest BCUT2D eigenvalue weighted by molar-refractivity contribution is 7.50. The van der Waals surface area contributed by atoms with E-state index in [1.165, 1.54) is 0 Å². The Bertz CT molecular complexity index is 478. The minimum atomic E-state index is -3.97. The number of nitrogens with two attached hydrogens (primary N) is 2. The van der Waals surface area contributed by atoms with Gasteiger partial charge < -0.3 is 14.9 Å². The molecular formula is C13H28N2O7P2. The minimum absolute atomic E-state index is 0.491. The fourth-order valence-electron chi connectivity index (χ4n) is 3.07. The molecule has 2 rings (SSSR count). The average molecular weight is 386 g/mol. The van der Waals surface area contributed by atoms with Gasteiger partial charge in [0.15, 0.2) is 0 Å². The summed E-state index contributed by atoms with van der Waals surface area (Å²) >= 11 is 0. The van der Waals surface area contributed by atoms with Gasteiger partial charge in [-0.25, -0.2) is 20.1 Å². The third-order valence-electron chi connectivity index (χ3n) is 4.60. The molecule has 0 aromatic heterocycles. The van der Waals surface area contributed by atoms with Crippen LogP contribution < -0.4 is 11.0 Å². The maximum absolute atomic E-state index is 11.1. The van der Waals surface area contributed by atoms with Gasteiger partial charge in [-0.3, -0.25) is 9.05 Å². The predicted molar refractivity (Wildman–Crippen MR) is 87.8 cm³/mol. The van der Waals surface area contributed by atoms with E-state index in [2.05, 4.69) is 0 Å². The van der Waals surface area contributed by atoms with Crippen molar-refractivity contribution in [1.82, 2.24) is 0 Å². The molecule has 0 aromatic carbocycles. The lowest BCUT2D eigenvalue weighted by atomic mass is 10.0. The Balaban J connectivity index is 1.58. The topological polar surface area (TPSA) is 165 Å². The van der Waals surface area contributed by atoms with E-state index in [9.17, 15) is 14.2 Å². The molecule has 2 aliphatic carbocycles. The summed E-state index contributed by atoms with van der Waals surface area (Å²) in [6.45, 7) is 0. The molecule has 142 valence electrons. The van der Waals surface area contributed by atoms with E-state index >= 15 is 0 Å². The van der Waals surface area contributed by atoms with Crippen LogP contribution in [-0.2, 0) is 18.2 Å². The lowest BCUT2D eigenvalue weighted by Gasteiger charge is -2.20. The van der Waals surface area contributed by atoms with Gasteiger partial charge in [-0.2, -0.15) is 0 Å². The highest BCUT2D eigenvalue weighted by Crippen LogP contribution is 2.54. The van der Waals surface area contributed by atoms with E-state index < -0.39 is 32.8 Å². The monoisotopic (exact) mass is 386 g/mol. The van der Waals surface area contributed by atoms with Gasteiger partial charge in [-0.05, 0) is 64.2 Å². The van der Waals surface area contributed by atoms with Gasteiger partial charge in [0.1, 0.15) is 0 Å². The highest BCUT2D eigenvalue weighted by atomic mass is 31.2. The van der Waals surface area contributed by atoms with Gasteiger partial charge in [-0.15, -0.1) is 0 Å². The van der Waals surface area contributed by atoms with Crippen molar-refractivity contribution in [3.8, 4) is 0 Å². The Hall–Kier alpha value is 0.180. The lowest BCUT2D eigenvalue weighted by molar-refractivity contribution is 0.109. The maximum Gasteiger partial charge on any atom is 0.400 e. The number of aliphatic hydroxyl groups excluding tert-OH is 1. The quantitative estimate of drug-likeness (QED) is 0.315. The zero-order chi connectivity index (χ0) is 18.1. The summed E-state index contributed by atoms with van der Waals surface area (Å²) in [7, 11) is -7.93. The van der Waals surface area contributed by atoms with Crippen LogP contribution in [0, 0.1) is 0 Å². The molecule has 7 N–H and O–H groups in total. The summed E-state index contributed by atoms with van der Waals surface area (Å²) in [6.07, 6.45) is 6.04. The van der Waals surface area contributed by atoms with E-state index in [1.807, 2.05) is 0 Å². The van der Waals surface area contributed by atoms with E-state index in [0.29, 0.717) is 64.2 Å². The third-order valence-corrected chi connectivity index (χ3v) is 5.90. The third kappa shape index (κ3) is 7.60. The molecule has 0 aromatic rings. The molecule has 2 atom stereocenters. The van der Waals surface area contributed by atoms with E-state index in [0.717, 1.165) is 0 Å². The van der Waals surface area contributed by atoms with Gasteiger partial charge in [0, 0.05) is 0 Å². The minimum Gasteiger partial charge on any atom is -0.393 e. The number of hydrogen-bond acceptors (Lipinski definition) is 5. The van der Waals surface area contributed by atoms with Crippen molar-refractivity contribution in [1.29, 1.82) is 0 Å². The molecule has 2 unspecified atom stereocenters. The summed E-state index contributed by atoms with van der Waals surface area (Å²) in [5, 5.41) is 10.0. The van der Waals surface area contributed by atoms with Gasteiger partial charge in [0.25, 0.3) is 0 Å². The second kappa shape index (κ2) is 7.43. The molecule has 0 saturated heterocycles. The molecule has 0 spiro atoms. The molecule has 0 radical (unpaired) electrons. The Kier molecular flexibility index (Phi) is 6.34. The lowest BCUT2D eigenvalue weighted by Crippen LogP contribution is -2.18. The smallest absolute Gasteiger partial charge is 0.393 e. The number of hydrogen-bond donors (Lipinski definition) is 5. The van der Waals surface area contributed by atoms with Crippen LogP contribution >= 0.6 is 15.5 Å². The van der Waals surface area contributed by atoms with Crippen LogP contribution in [0.5, 0.6) is 0 Å². The van der Waals surface area contributed by atoms with Crippen LogP contribution in [0.15, 0.2) is 0 Å². The maximum atomic E-state index is 11.1. The summed E-state index contributed by atoms with van der Waals surface area (Å²) in [5.41, 5.74) is 8.88. The summed E-state index contributed by atoms with van der Waals surface area (Å²) in [5.74, 6) is 0. The van der Waals surface area contributed by atoms with E-state index in [-0.39, 0.29) is 0 Å². The molecule has 0 aliphatic heterocycles. The van der Waals surface area contributed by atoms with Crippen LogP contribution in [0.25, 0.3) is 0 Å². The Morgan fingerprint density at radius 2 is 1.21 bits per heavy atom. The first-order chi connectivity index (χ1) is 10.9. The van der Waals surface area contributed by atoms with Gasteiger partial charge in [0.05, 0.1) is 17.3 Å². The van der Waals surface area contributed by atoms with E-state index in [1.54, 1.807) is 0 Å². The standard InChI is InChI=1S/C13H28N2O7P2/c14-23(17,18)21-12(7-8-12)5-1-3-11(16)4-2-6-13(9-10-13)22-24(15,19)20/h11,16H,1-10H2,(H3,14,17,18)(H3,15,19,20). The SMILES string of the molecule is NP(=O)(O)OC1(CCCC(O)CCCC2(OP(N)(=O)O)CC2)CC1. The van der Waals surface area contributed by atoms with Crippen LogP contribution in [-0.4, -0.2) is 32.2 Å². The zero-order valence-electron chi connectivity index (χ0n) is 13.7. The van der Waals surface area contributed by atoms with Crippen molar-refractivity contribution >= 4 is 15.5 Å². The van der Waals surface area contributed by atoms with Gasteiger partial charge >= 0.3 is 15.5 Å². The molecular weight excluding hydrogens is 358 g/mol. The molecule has 0 bridgehead atoms. The van der Waals surface area contributed by atoms with Crippen LogP contribution in [0.2, 0.25) is 0 Å². The van der Waals surface area contributed by atoms with Crippen LogP contribution in [0.3, 0.4) is 0 Å². The van der Waals surface area contributed by atoms with Crippen LogP contribution in [0.4, 0.5) is 0 Å². The van der Waals surface area contributed by atoms with Crippen molar-refractivity contribution in [2.24, 2.45) is 11.0 Å². The molecule has 9 nitrogen and oxygen atoms in total. The van der Waals surface area contributed by atoms with Gasteiger partial charge in [0.2, 0.25) is 0 Å². The molecule has 0 amide bonds. The average Bonchev–Trinajstić information content (AvgIpc) is 3.26. The number of rotatable bonds is 12. The molecule has 11 heteroatoms. The largest absolute Gasteiger partial charge is 0.400 e. The van der Waals surface area contributed by atoms with E-state index in [4.69, 9.17) is 29.8 Å². The molecule has 2 aliphatic rings. The molecule has 2 saturated carbocycles. The first-order valence-corrected chi connectivity index (χ1v) is 11.5.